The highest BCUT2D eigenvalue weighted by atomic mass is 79.9. The molecule has 7 heteroatoms. The highest BCUT2D eigenvalue weighted by Crippen LogP contribution is 2.27. The number of alkyl halides is 3. The van der Waals surface area contributed by atoms with Gasteiger partial charge in [0, 0.05) is 10.9 Å². The molecule has 0 radical (unpaired) electrons. The van der Waals surface area contributed by atoms with Crippen LogP contribution in [0.15, 0.2) is 16.6 Å². The summed E-state index contributed by atoms with van der Waals surface area (Å²) in [7, 11) is 0. The molecule has 0 aliphatic rings. The second kappa shape index (κ2) is 5.66. The third-order valence-corrected chi connectivity index (χ3v) is 2.27. The fourth-order valence-electron chi connectivity index (χ4n) is 1.11. The molecule has 1 nitrogen and oxygen atoms in total. The highest BCUT2D eigenvalue weighted by Gasteiger charge is 2.26. The predicted molar refractivity (Wildman–Crippen MR) is 54.8 cm³/mol. The molecule has 1 rings (SSSR count). The third-order valence-electron chi connectivity index (χ3n) is 1.81. The van der Waals surface area contributed by atoms with Crippen molar-refractivity contribution in [3.05, 3.63) is 28.2 Å². The molecule has 0 bridgehead atoms. The van der Waals surface area contributed by atoms with Crippen molar-refractivity contribution < 1.29 is 26.7 Å². The lowest BCUT2D eigenvalue weighted by molar-refractivity contribution is -0.136. The monoisotopic (exact) mass is 318 g/mol. The summed E-state index contributed by atoms with van der Waals surface area (Å²) in [6, 6.07) is 1.95. The summed E-state index contributed by atoms with van der Waals surface area (Å²) in [6.45, 7) is -0.394. The molecule has 0 aliphatic heterocycles. The summed E-state index contributed by atoms with van der Waals surface area (Å²) >= 11 is 2.87. The first kappa shape index (κ1) is 14.2. The van der Waals surface area contributed by atoms with Gasteiger partial charge in [-0.25, -0.2) is 8.78 Å². The molecular formula is C10H8BrF5O. The van der Waals surface area contributed by atoms with Crippen LogP contribution in [0.1, 0.15) is 12.8 Å². The summed E-state index contributed by atoms with van der Waals surface area (Å²) in [6.07, 6.45) is -5.69. The molecular weight excluding hydrogens is 311 g/mol. The Balaban J connectivity index is 2.53. The van der Waals surface area contributed by atoms with Gasteiger partial charge in [0.15, 0.2) is 17.4 Å². The molecule has 0 amide bonds. The lowest BCUT2D eigenvalue weighted by atomic mass is 10.3. The maximum Gasteiger partial charge on any atom is 0.389 e. The maximum atomic E-state index is 13.2. The molecule has 0 saturated heterocycles. The van der Waals surface area contributed by atoms with Crippen LogP contribution >= 0.6 is 15.9 Å². The van der Waals surface area contributed by atoms with Crippen molar-refractivity contribution >= 4 is 15.9 Å². The molecule has 0 spiro atoms. The highest BCUT2D eigenvalue weighted by molar-refractivity contribution is 9.10. The van der Waals surface area contributed by atoms with Crippen molar-refractivity contribution in [2.24, 2.45) is 0 Å². The quantitative estimate of drug-likeness (QED) is 0.588. The number of ether oxygens (including phenoxy) is 1. The minimum atomic E-state index is -4.29. The Morgan fingerprint density at radius 1 is 1.12 bits per heavy atom. The fraction of sp³-hybridized carbons (Fsp3) is 0.400. The summed E-state index contributed by atoms with van der Waals surface area (Å²) in [4.78, 5) is 0. The summed E-state index contributed by atoms with van der Waals surface area (Å²) < 4.78 is 66.5. The van der Waals surface area contributed by atoms with E-state index in [0.717, 1.165) is 12.1 Å². The summed E-state index contributed by atoms with van der Waals surface area (Å²) in [5.41, 5.74) is 0. The number of halogens is 6. The molecule has 0 aromatic heterocycles. The van der Waals surface area contributed by atoms with Gasteiger partial charge in [-0.15, -0.1) is 0 Å². The Kier molecular flexibility index (Phi) is 4.73. The minimum absolute atomic E-state index is 0.190. The van der Waals surface area contributed by atoms with Crippen LogP contribution in [0.25, 0.3) is 0 Å². The van der Waals surface area contributed by atoms with Crippen LogP contribution < -0.4 is 4.74 Å². The van der Waals surface area contributed by atoms with Gasteiger partial charge < -0.3 is 4.74 Å². The minimum Gasteiger partial charge on any atom is -0.488 e. The first-order valence-electron chi connectivity index (χ1n) is 4.63. The number of hydrogen-bond donors (Lipinski definition) is 0. The predicted octanol–water partition coefficient (Wildman–Crippen LogP) is 4.45. The van der Waals surface area contributed by atoms with Gasteiger partial charge in [0.2, 0.25) is 0 Å². The largest absolute Gasteiger partial charge is 0.488 e. The van der Waals surface area contributed by atoms with Crippen LogP contribution in [0.3, 0.4) is 0 Å². The van der Waals surface area contributed by atoms with Gasteiger partial charge in [-0.3, -0.25) is 0 Å². The molecule has 0 heterocycles. The van der Waals surface area contributed by atoms with E-state index in [-0.39, 0.29) is 10.9 Å². The van der Waals surface area contributed by atoms with E-state index in [1.54, 1.807) is 0 Å². The van der Waals surface area contributed by atoms with Crippen LogP contribution in [0.5, 0.6) is 5.75 Å². The average Bonchev–Trinajstić information content (AvgIpc) is 2.13. The standard InChI is InChI=1S/C10H8BrF5O/c11-6-4-7(12)9(8(13)5-6)17-3-1-2-10(14,15)16/h4-5H,1-3H2. The van der Waals surface area contributed by atoms with E-state index in [2.05, 4.69) is 20.7 Å². The van der Waals surface area contributed by atoms with Crippen LogP contribution in [-0.4, -0.2) is 12.8 Å². The second-order valence-corrected chi connectivity index (χ2v) is 4.18. The summed E-state index contributed by atoms with van der Waals surface area (Å²) in [5.74, 6) is -2.57. The Hall–Kier alpha value is -0.850. The zero-order valence-electron chi connectivity index (χ0n) is 8.45. The number of benzene rings is 1. The molecule has 0 unspecified atom stereocenters. The van der Waals surface area contributed by atoms with E-state index < -0.39 is 36.6 Å². The van der Waals surface area contributed by atoms with Gasteiger partial charge in [-0.2, -0.15) is 13.2 Å². The van der Waals surface area contributed by atoms with Gasteiger partial charge in [-0.1, -0.05) is 15.9 Å². The van der Waals surface area contributed by atoms with Gasteiger partial charge in [0.25, 0.3) is 0 Å². The molecule has 1 aromatic carbocycles. The van der Waals surface area contributed by atoms with Crippen LogP contribution in [0.2, 0.25) is 0 Å². The lowest BCUT2D eigenvalue weighted by Gasteiger charge is -2.09. The topological polar surface area (TPSA) is 9.23 Å². The smallest absolute Gasteiger partial charge is 0.389 e. The average molecular weight is 319 g/mol. The molecule has 0 saturated carbocycles. The molecule has 0 fully saturated rings. The van der Waals surface area contributed by atoms with E-state index >= 15 is 0 Å². The van der Waals surface area contributed by atoms with E-state index in [1.807, 2.05) is 0 Å². The van der Waals surface area contributed by atoms with E-state index in [1.165, 1.54) is 0 Å². The molecule has 0 aliphatic carbocycles. The van der Waals surface area contributed by atoms with Gasteiger partial charge >= 0.3 is 6.18 Å². The molecule has 0 N–H and O–H groups in total. The summed E-state index contributed by atoms with van der Waals surface area (Å²) in [5, 5.41) is 0. The Morgan fingerprint density at radius 3 is 2.12 bits per heavy atom. The van der Waals surface area contributed by atoms with Crippen molar-refractivity contribution in [1.29, 1.82) is 0 Å². The third kappa shape index (κ3) is 4.89. The van der Waals surface area contributed by atoms with E-state index in [4.69, 9.17) is 0 Å². The van der Waals surface area contributed by atoms with E-state index in [0.29, 0.717) is 0 Å². The SMILES string of the molecule is Fc1cc(Br)cc(F)c1OCCCC(F)(F)F. The van der Waals surface area contributed by atoms with Gasteiger partial charge in [0.05, 0.1) is 6.61 Å². The second-order valence-electron chi connectivity index (χ2n) is 3.27. The Bertz CT molecular complexity index is 368. The number of rotatable bonds is 4. The molecule has 1 aromatic rings. The van der Waals surface area contributed by atoms with Crippen molar-refractivity contribution in [2.45, 2.75) is 19.0 Å². The van der Waals surface area contributed by atoms with Crippen LogP contribution in [-0.2, 0) is 0 Å². The molecule has 0 atom stereocenters. The van der Waals surface area contributed by atoms with E-state index in [9.17, 15) is 22.0 Å². The maximum absolute atomic E-state index is 13.2. The van der Waals surface area contributed by atoms with Crippen LogP contribution in [0, 0.1) is 11.6 Å². The lowest BCUT2D eigenvalue weighted by Crippen LogP contribution is -2.10. The van der Waals surface area contributed by atoms with Gasteiger partial charge in [-0.05, 0) is 18.6 Å². The first-order chi connectivity index (χ1) is 7.79. The van der Waals surface area contributed by atoms with Crippen molar-refractivity contribution in [3.8, 4) is 5.75 Å². The van der Waals surface area contributed by atoms with Crippen molar-refractivity contribution in [1.82, 2.24) is 0 Å². The van der Waals surface area contributed by atoms with Crippen molar-refractivity contribution in [2.75, 3.05) is 6.61 Å². The number of hydrogen-bond acceptors (Lipinski definition) is 1. The Labute approximate surface area is 103 Å². The molecule has 17 heavy (non-hydrogen) atoms. The zero-order chi connectivity index (χ0) is 13.1. The first-order valence-corrected chi connectivity index (χ1v) is 5.43. The Morgan fingerprint density at radius 2 is 1.65 bits per heavy atom. The normalized spacial score (nSPS) is 11.6. The molecule has 96 valence electrons. The zero-order valence-corrected chi connectivity index (χ0v) is 10.0. The van der Waals surface area contributed by atoms with Crippen LogP contribution in [0.4, 0.5) is 22.0 Å². The van der Waals surface area contributed by atoms with Crippen molar-refractivity contribution in [3.63, 3.8) is 0 Å². The fourth-order valence-corrected chi connectivity index (χ4v) is 1.52. The van der Waals surface area contributed by atoms with Gasteiger partial charge in [0.1, 0.15) is 0 Å².